The summed E-state index contributed by atoms with van der Waals surface area (Å²) in [6, 6.07) is 3.63. The summed E-state index contributed by atoms with van der Waals surface area (Å²) in [5.74, 6) is -1.66. The molecule has 0 heterocycles. The lowest BCUT2D eigenvalue weighted by atomic mass is 10.0. The Morgan fingerprint density at radius 2 is 1.93 bits per heavy atom. The van der Waals surface area contributed by atoms with Gasteiger partial charge in [-0.2, -0.15) is 0 Å². The highest BCUT2D eigenvalue weighted by Gasteiger charge is 2.26. The summed E-state index contributed by atoms with van der Waals surface area (Å²) in [6.07, 6.45) is -3.58. The van der Waals surface area contributed by atoms with Crippen molar-refractivity contribution in [2.24, 2.45) is 0 Å². The van der Waals surface area contributed by atoms with Crippen LogP contribution in [0.4, 0.5) is 0 Å². The Morgan fingerprint density at radius 3 is 2.40 bits per heavy atom. The zero-order valence-electron chi connectivity index (χ0n) is 7.46. The summed E-state index contributed by atoms with van der Waals surface area (Å²) >= 11 is 5.65. The van der Waals surface area contributed by atoms with Gasteiger partial charge in [0.2, 0.25) is 0 Å². The van der Waals surface area contributed by atoms with Crippen molar-refractivity contribution in [1.29, 1.82) is 0 Å². The average molecular weight is 233 g/mol. The van der Waals surface area contributed by atoms with E-state index in [0.29, 0.717) is 0 Å². The minimum absolute atomic E-state index is 0.0113. The van der Waals surface area contributed by atoms with Crippen molar-refractivity contribution in [2.45, 2.75) is 12.2 Å². The van der Waals surface area contributed by atoms with Crippen molar-refractivity contribution in [3.05, 3.63) is 28.8 Å². The summed E-state index contributed by atoms with van der Waals surface area (Å²) in [6.45, 7) is 0. The molecule has 1 rings (SSSR count). The van der Waals surface area contributed by atoms with Gasteiger partial charge in [0.25, 0.3) is 0 Å². The summed E-state index contributed by atoms with van der Waals surface area (Å²) in [7, 11) is 0. The summed E-state index contributed by atoms with van der Waals surface area (Å²) in [4.78, 5) is 10.4. The van der Waals surface area contributed by atoms with Gasteiger partial charge in [-0.3, -0.25) is 0 Å². The number of hydrogen-bond donors (Lipinski definition) is 4. The molecule has 15 heavy (non-hydrogen) atoms. The zero-order chi connectivity index (χ0) is 11.6. The van der Waals surface area contributed by atoms with Crippen LogP contribution in [0.25, 0.3) is 0 Å². The molecule has 0 aliphatic carbocycles. The molecule has 82 valence electrons. The predicted octanol–water partition coefficient (Wildman–Crippen LogP) is 0.524. The highest BCUT2D eigenvalue weighted by atomic mass is 35.5. The van der Waals surface area contributed by atoms with Gasteiger partial charge in [-0.05, 0) is 12.1 Å². The molecule has 1 aromatic carbocycles. The van der Waals surface area contributed by atoms with Gasteiger partial charge >= 0.3 is 5.97 Å². The van der Waals surface area contributed by atoms with Crippen LogP contribution in [-0.2, 0) is 4.79 Å². The van der Waals surface area contributed by atoms with Gasteiger partial charge in [-0.1, -0.05) is 17.7 Å². The fourth-order valence-corrected chi connectivity index (χ4v) is 1.35. The van der Waals surface area contributed by atoms with E-state index in [4.69, 9.17) is 26.9 Å². The molecule has 5 nitrogen and oxygen atoms in total. The first-order valence-electron chi connectivity index (χ1n) is 4.01. The highest BCUT2D eigenvalue weighted by molar-refractivity contribution is 6.31. The number of phenols is 1. The molecule has 0 aliphatic rings. The van der Waals surface area contributed by atoms with Gasteiger partial charge in [-0.15, -0.1) is 0 Å². The molecule has 2 unspecified atom stereocenters. The molecule has 0 aromatic heterocycles. The minimum atomic E-state index is -1.95. The number of aliphatic hydroxyl groups excluding tert-OH is 2. The van der Waals surface area contributed by atoms with E-state index >= 15 is 0 Å². The van der Waals surface area contributed by atoms with Crippen LogP contribution in [0.15, 0.2) is 18.2 Å². The lowest BCUT2D eigenvalue weighted by molar-refractivity contribution is -0.153. The lowest BCUT2D eigenvalue weighted by Crippen LogP contribution is -2.27. The van der Waals surface area contributed by atoms with Gasteiger partial charge in [0.15, 0.2) is 6.10 Å². The summed E-state index contributed by atoms with van der Waals surface area (Å²) in [5, 5.41) is 36.0. The third-order valence-corrected chi connectivity index (χ3v) is 2.18. The van der Waals surface area contributed by atoms with Crippen molar-refractivity contribution in [3.8, 4) is 5.75 Å². The Hall–Kier alpha value is -1.30. The second-order valence-corrected chi connectivity index (χ2v) is 3.34. The maximum Gasteiger partial charge on any atom is 0.335 e. The van der Waals surface area contributed by atoms with Crippen LogP contribution in [0.3, 0.4) is 0 Å². The number of aliphatic hydroxyl groups is 2. The Balaban J connectivity index is 3.01. The molecule has 0 bridgehead atoms. The quantitative estimate of drug-likeness (QED) is 0.609. The number of carboxylic acids is 1. The standard InChI is InChI=1S/C9H9ClO5/c10-6-3-4(11)1-2-5(6)7(12)8(13)9(14)15/h1-3,7-8,11-13H,(H,14,15). The van der Waals surface area contributed by atoms with E-state index in [1.54, 1.807) is 0 Å². The maximum absolute atomic E-state index is 10.4. The second kappa shape index (κ2) is 4.48. The number of halogens is 1. The number of carboxylic acid groups (broad SMARTS) is 1. The Bertz CT molecular complexity index is 379. The molecule has 0 spiro atoms. The SMILES string of the molecule is O=C(O)C(O)C(O)c1ccc(O)cc1Cl. The first-order chi connectivity index (χ1) is 6.93. The number of benzene rings is 1. The predicted molar refractivity (Wildman–Crippen MR) is 51.7 cm³/mol. The van der Waals surface area contributed by atoms with Gasteiger partial charge < -0.3 is 20.4 Å². The van der Waals surface area contributed by atoms with Gasteiger partial charge in [0, 0.05) is 5.56 Å². The number of carbonyl (C=O) groups is 1. The van der Waals surface area contributed by atoms with Crippen molar-refractivity contribution in [2.75, 3.05) is 0 Å². The monoisotopic (exact) mass is 232 g/mol. The van der Waals surface area contributed by atoms with Gasteiger partial charge in [0.05, 0.1) is 5.02 Å². The van der Waals surface area contributed by atoms with Gasteiger partial charge in [-0.25, -0.2) is 4.79 Å². The maximum atomic E-state index is 10.4. The van der Waals surface area contributed by atoms with Crippen molar-refractivity contribution >= 4 is 17.6 Å². The molecule has 0 saturated carbocycles. The van der Waals surface area contributed by atoms with Crippen molar-refractivity contribution < 1.29 is 25.2 Å². The first kappa shape index (κ1) is 11.8. The number of aliphatic carboxylic acids is 1. The fourth-order valence-electron chi connectivity index (χ4n) is 1.06. The van der Waals surface area contributed by atoms with E-state index < -0.39 is 18.2 Å². The van der Waals surface area contributed by atoms with E-state index in [1.165, 1.54) is 12.1 Å². The van der Waals surface area contributed by atoms with Crippen LogP contribution in [0, 0.1) is 0 Å². The smallest absolute Gasteiger partial charge is 0.335 e. The fraction of sp³-hybridized carbons (Fsp3) is 0.222. The first-order valence-corrected chi connectivity index (χ1v) is 4.38. The topological polar surface area (TPSA) is 98.0 Å². The largest absolute Gasteiger partial charge is 0.508 e. The Labute approximate surface area is 90.2 Å². The van der Waals surface area contributed by atoms with E-state index in [0.717, 1.165) is 6.07 Å². The number of aromatic hydroxyl groups is 1. The Kier molecular flexibility index (Phi) is 3.52. The van der Waals surface area contributed by atoms with E-state index in [1.807, 2.05) is 0 Å². The van der Waals surface area contributed by atoms with Crippen molar-refractivity contribution in [3.63, 3.8) is 0 Å². The molecule has 2 atom stereocenters. The summed E-state index contributed by atoms with van der Waals surface area (Å²) < 4.78 is 0. The number of hydrogen-bond acceptors (Lipinski definition) is 4. The third-order valence-electron chi connectivity index (χ3n) is 1.85. The summed E-state index contributed by atoms with van der Waals surface area (Å²) in [5.41, 5.74) is 0.0457. The zero-order valence-corrected chi connectivity index (χ0v) is 8.22. The Morgan fingerprint density at radius 1 is 1.33 bits per heavy atom. The molecule has 6 heteroatoms. The average Bonchev–Trinajstić information content (AvgIpc) is 2.15. The molecular weight excluding hydrogens is 224 g/mol. The number of rotatable bonds is 3. The molecule has 0 amide bonds. The van der Waals surface area contributed by atoms with E-state index in [9.17, 15) is 9.90 Å². The molecule has 0 saturated heterocycles. The van der Waals surface area contributed by atoms with Crippen molar-refractivity contribution in [1.82, 2.24) is 0 Å². The van der Waals surface area contributed by atoms with E-state index in [-0.39, 0.29) is 16.3 Å². The molecule has 0 aliphatic heterocycles. The van der Waals surface area contributed by atoms with Crippen LogP contribution in [0.1, 0.15) is 11.7 Å². The van der Waals surface area contributed by atoms with E-state index in [2.05, 4.69) is 0 Å². The second-order valence-electron chi connectivity index (χ2n) is 2.93. The van der Waals surface area contributed by atoms with Crippen LogP contribution < -0.4 is 0 Å². The van der Waals surface area contributed by atoms with Crippen LogP contribution in [-0.4, -0.2) is 32.5 Å². The molecular formula is C9H9ClO5. The molecule has 1 aromatic rings. The number of phenolic OH excluding ortho intramolecular Hbond substituents is 1. The minimum Gasteiger partial charge on any atom is -0.508 e. The van der Waals surface area contributed by atoms with Crippen LogP contribution >= 0.6 is 11.6 Å². The normalized spacial score (nSPS) is 14.6. The third kappa shape index (κ3) is 2.59. The van der Waals surface area contributed by atoms with Crippen LogP contribution in [0.5, 0.6) is 5.75 Å². The molecule has 0 radical (unpaired) electrons. The molecule has 4 N–H and O–H groups in total. The highest BCUT2D eigenvalue weighted by Crippen LogP contribution is 2.28. The lowest BCUT2D eigenvalue weighted by Gasteiger charge is -2.15. The molecule has 0 fully saturated rings. The van der Waals surface area contributed by atoms with Gasteiger partial charge in [0.1, 0.15) is 11.9 Å². The van der Waals surface area contributed by atoms with Crippen LogP contribution in [0.2, 0.25) is 5.02 Å².